The van der Waals surface area contributed by atoms with Crippen LogP contribution in [0.1, 0.15) is 5.76 Å². The van der Waals surface area contributed by atoms with Gasteiger partial charge in [0.25, 0.3) is 5.69 Å². The van der Waals surface area contributed by atoms with Gasteiger partial charge in [0.15, 0.2) is 5.11 Å². The van der Waals surface area contributed by atoms with Crippen LogP contribution in [0.15, 0.2) is 39.9 Å². The van der Waals surface area contributed by atoms with E-state index >= 15 is 0 Å². The number of nitro benzene ring substituents is 1. The fraction of sp³-hybridized carbons (Fsp3) is 0.0769. The average Bonchev–Trinajstić information content (AvgIpc) is 2.94. The van der Waals surface area contributed by atoms with Crippen LogP contribution in [0.2, 0.25) is 0 Å². The van der Waals surface area contributed by atoms with E-state index in [1.807, 2.05) is 0 Å². The molecule has 0 atom stereocenters. The van der Waals surface area contributed by atoms with Crippen LogP contribution in [0.5, 0.6) is 5.75 Å². The molecule has 3 N–H and O–H groups in total. The number of ether oxygens (including phenoxy) is 1. The minimum atomic E-state index is -0.486. The van der Waals surface area contributed by atoms with Gasteiger partial charge in [0, 0.05) is 12.1 Å². The lowest BCUT2D eigenvalue weighted by Gasteiger charge is -2.05. The molecular formula is C13H12N4O4S. The number of thiocarbonyl (C=S) groups is 1. The van der Waals surface area contributed by atoms with E-state index < -0.39 is 4.92 Å². The van der Waals surface area contributed by atoms with E-state index in [1.54, 1.807) is 12.1 Å². The number of nitrogens with two attached hydrogens (primary N) is 1. The van der Waals surface area contributed by atoms with E-state index in [0.717, 1.165) is 0 Å². The van der Waals surface area contributed by atoms with E-state index in [0.29, 0.717) is 22.8 Å². The molecule has 0 aliphatic heterocycles. The smallest absolute Gasteiger partial charge is 0.270 e. The van der Waals surface area contributed by atoms with Gasteiger partial charge in [-0.15, -0.1) is 0 Å². The maximum Gasteiger partial charge on any atom is 0.270 e. The minimum absolute atomic E-state index is 0.0309. The lowest BCUT2D eigenvalue weighted by atomic mass is 10.1. The number of hydrogen-bond acceptors (Lipinski definition) is 6. The van der Waals surface area contributed by atoms with Gasteiger partial charge < -0.3 is 14.9 Å². The van der Waals surface area contributed by atoms with Crippen molar-refractivity contribution < 1.29 is 14.1 Å². The Morgan fingerprint density at radius 3 is 2.91 bits per heavy atom. The Bertz CT molecular complexity index is 741. The fourth-order valence-corrected chi connectivity index (χ4v) is 1.78. The minimum Gasteiger partial charge on any atom is -0.496 e. The van der Waals surface area contributed by atoms with Crippen molar-refractivity contribution in [3.05, 3.63) is 46.2 Å². The molecule has 0 bridgehead atoms. The molecule has 1 heterocycles. The number of rotatable bonds is 5. The number of hydrogen-bond donors (Lipinski definition) is 2. The summed E-state index contributed by atoms with van der Waals surface area (Å²) in [5.41, 5.74) is 8.04. The highest BCUT2D eigenvalue weighted by molar-refractivity contribution is 7.80. The molecule has 0 spiro atoms. The van der Waals surface area contributed by atoms with Crippen molar-refractivity contribution in [2.75, 3.05) is 7.11 Å². The second-order valence-corrected chi connectivity index (χ2v) is 4.52. The highest BCUT2D eigenvalue weighted by Crippen LogP contribution is 2.34. The van der Waals surface area contributed by atoms with Crippen molar-refractivity contribution in [3.8, 4) is 17.1 Å². The number of non-ortho nitro benzene ring substituents is 1. The van der Waals surface area contributed by atoms with E-state index in [2.05, 4.69) is 22.7 Å². The normalized spacial score (nSPS) is 10.6. The molecule has 22 heavy (non-hydrogen) atoms. The van der Waals surface area contributed by atoms with Crippen LogP contribution >= 0.6 is 12.2 Å². The molecule has 0 saturated carbocycles. The Balaban J connectivity index is 2.33. The second kappa shape index (κ2) is 6.68. The van der Waals surface area contributed by atoms with Crippen molar-refractivity contribution >= 4 is 29.2 Å². The number of hydrazone groups is 1. The summed E-state index contributed by atoms with van der Waals surface area (Å²) in [6, 6.07) is 7.56. The first-order valence-corrected chi connectivity index (χ1v) is 6.43. The van der Waals surface area contributed by atoms with Crippen molar-refractivity contribution in [1.29, 1.82) is 0 Å². The van der Waals surface area contributed by atoms with Gasteiger partial charge in [-0.25, -0.2) is 0 Å². The quantitative estimate of drug-likeness (QED) is 0.375. The largest absolute Gasteiger partial charge is 0.496 e. The van der Waals surface area contributed by atoms with Crippen LogP contribution in [0.3, 0.4) is 0 Å². The molecule has 114 valence electrons. The standard InChI is InChI=1S/C13H12N4O4S/c1-20-11-4-2-8(17(18)19)6-10(11)12-5-3-9(21-12)7-15-16-13(14)22/h2-7H,1H3,(H3,14,16,22)/b15-7-. The van der Waals surface area contributed by atoms with Gasteiger partial charge in [-0.3, -0.25) is 15.5 Å². The highest BCUT2D eigenvalue weighted by atomic mass is 32.1. The molecule has 0 aliphatic carbocycles. The summed E-state index contributed by atoms with van der Waals surface area (Å²) in [5.74, 6) is 1.30. The number of nitrogens with zero attached hydrogens (tertiary/aromatic N) is 2. The molecule has 9 heteroatoms. The van der Waals surface area contributed by atoms with Crippen LogP contribution < -0.4 is 15.9 Å². The Morgan fingerprint density at radius 2 is 2.27 bits per heavy atom. The predicted octanol–water partition coefficient (Wildman–Crippen LogP) is 2.03. The molecule has 2 rings (SSSR count). The molecule has 2 aromatic rings. The first-order chi connectivity index (χ1) is 10.5. The van der Waals surface area contributed by atoms with Gasteiger partial charge >= 0.3 is 0 Å². The molecule has 0 aliphatic rings. The number of nitro groups is 1. The zero-order chi connectivity index (χ0) is 16.1. The van der Waals surface area contributed by atoms with Crippen LogP contribution in [0.4, 0.5) is 5.69 Å². The van der Waals surface area contributed by atoms with Crippen molar-refractivity contribution in [1.82, 2.24) is 5.43 Å². The maximum absolute atomic E-state index is 10.9. The molecular weight excluding hydrogens is 308 g/mol. The molecule has 0 unspecified atom stereocenters. The predicted molar refractivity (Wildman–Crippen MR) is 84.9 cm³/mol. The van der Waals surface area contributed by atoms with Crippen LogP contribution in [-0.2, 0) is 0 Å². The lowest BCUT2D eigenvalue weighted by Crippen LogP contribution is -2.23. The van der Waals surface area contributed by atoms with Crippen molar-refractivity contribution in [2.45, 2.75) is 0 Å². The van der Waals surface area contributed by atoms with Gasteiger partial charge in [0.1, 0.15) is 17.3 Å². The summed E-state index contributed by atoms with van der Waals surface area (Å²) < 4.78 is 10.7. The third-order valence-corrected chi connectivity index (χ3v) is 2.74. The summed E-state index contributed by atoms with van der Waals surface area (Å²) in [7, 11) is 1.47. The Morgan fingerprint density at radius 1 is 1.50 bits per heavy atom. The summed E-state index contributed by atoms with van der Waals surface area (Å²) in [5, 5.41) is 14.7. The molecule has 8 nitrogen and oxygen atoms in total. The fourth-order valence-electron chi connectivity index (χ4n) is 1.73. The number of furan rings is 1. The van der Waals surface area contributed by atoms with Crippen LogP contribution in [0, 0.1) is 10.1 Å². The molecule has 0 radical (unpaired) electrons. The van der Waals surface area contributed by atoms with E-state index in [4.69, 9.17) is 14.9 Å². The summed E-state index contributed by atoms with van der Waals surface area (Å²) in [6.45, 7) is 0. The third-order valence-electron chi connectivity index (χ3n) is 2.65. The van der Waals surface area contributed by atoms with Crippen molar-refractivity contribution in [2.24, 2.45) is 10.8 Å². The summed E-state index contributed by atoms with van der Waals surface area (Å²) in [6.07, 6.45) is 1.38. The highest BCUT2D eigenvalue weighted by Gasteiger charge is 2.15. The average molecular weight is 320 g/mol. The molecule has 0 saturated heterocycles. The first kappa shape index (κ1) is 15.4. The molecule has 0 amide bonds. The Labute approximate surface area is 130 Å². The van der Waals surface area contributed by atoms with E-state index in [9.17, 15) is 10.1 Å². The number of nitrogens with one attached hydrogen (secondary N) is 1. The number of methoxy groups -OCH3 is 1. The van der Waals surface area contributed by atoms with Crippen molar-refractivity contribution in [3.63, 3.8) is 0 Å². The van der Waals surface area contributed by atoms with Gasteiger partial charge in [0.05, 0.1) is 23.8 Å². The molecule has 1 aromatic carbocycles. The first-order valence-electron chi connectivity index (χ1n) is 6.02. The number of benzene rings is 1. The summed E-state index contributed by atoms with van der Waals surface area (Å²) in [4.78, 5) is 10.4. The monoisotopic (exact) mass is 320 g/mol. The molecule has 0 fully saturated rings. The second-order valence-electron chi connectivity index (χ2n) is 4.08. The SMILES string of the molecule is COc1ccc([N+](=O)[O-])cc1-c1ccc(/C=N\NC(N)=S)o1. The van der Waals surface area contributed by atoms with Crippen LogP contribution in [0.25, 0.3) is 11.3 Å². The Kier molecular flexibility index (Phi) is 4.69. The van der Waals surface area contributed by atoms with E-state index in [-0.39, 0.29) is 10.8 Å². The summed E-state index contributed by atoms with van der Waals surface area (Å²) >= 11 is 4.61. The zero-order valence-corrected chi connectivity index (χ0v) is 12.3. The van der Waals surface area contributed by atoms with Gasteiger partial charge in [-0.1, -0.05) is 0 Å². The van der Waals surface area contributed by atoms with Gasteiger partial charge in [0.2, 0.25) is 0 Å². The van der Waals surface area contributed by atoms with E-state index in [1.165, 1.54) is 31.5 Å². The van der Waals surface area contributed by atoms with Crippen LogP contribution in [-0.4, -0.2) is 23.4 Å². The van der Waals surface area contributed by atoms with Gasteiger partial charge in [-0.05, 0) is 30.4 Å². The third kappa shape index (κ3) is 3.58. The topological polar surface area (TPSA) is 116 Å². The molecule has 1 aromatic heterocycles. The lowest BCUT2D eigenvalue weighted by molar-refractivity contribution is -0.384. The zero-order valence-electron chi connectivity index (χ0n) is 11.5. The Hall–Kier alpha value is -2.94. The van der Waals surface area contributed by atoms with Gasteiger partial charge in [-0.2, -0.15) is 5.10 Å². The maximum atomic E-state index is 10.9.